The van der Waals surface area contributed by atoms with Crippen LogP contribution >= 0.6 is 0 Å². The van der Waals surface area contributed by atoms with Crippen LogP contribution in [-0.4, -0.2) is 6.54 Å². The second-order valence-corrected chi connectivity index (χ2v) is 11.1. The lowest BCUT2D eigenvalue weighted by Crippen LogP contribution is -2.88. The average Bonchev–Trinajstić information content (AvgIpc) is 2.95. The molecule has 16 unspecified atom stereocenters. The molecule has 8 saturated carbocycles. The molecule has 0 radical (unpaired) electrons. The Bertz CT molecular complexity index is 599. The van der Waals surface area contributed by atoms with E-state index in [1.807, 2.05) is 0 Å². The molecule has 2 N–H and O–H groups in total. The lowest BCUT2D eigenvalue weighted by molar-refractivity contribution is -0.441. The molecule has 0 aromatic heterocycles. The molecule has 8 rings (SSSR count). The highest BCUT2D eigenvalue weighted by Gasteiger charge is 2.88. The van der Waals surface area contributed by atoms with Gasteiger partial charge in [0, 0.05) is 0 Å². The maximum Gasteiger partial charge on any atom is -0.00459 e. The van der Waals surface area contributed by atoms with E-state index in [2.05, 4.69) is 6.92 Å². The van der Waals surface area contributed by atoms with E-state index in [0.29, 0.717) is 0 Å². The Balaban J connectivity index is 1.11. The monoisotopic (exact) mass is 295 g/mol. The van der Waals surface area contributed by atoms with Gasteiger partial charge in [-0.3, -0.25) is 0 Å². The fourth-order valence-corrected chi connectivity index (χ4v) is 11.5. The van der Waals surface area contributed by atoms with Crippen molar-refractivity contribution in [3.63, 3.8) is 0 Å². The lowest BCUT2D eigenvalue weighted by Gasteiger charge is -2.91. The SMILES string of the molecule is CC1CC2CC1C1C2C2C1C1C3C4C5CC(CN)C5C4C3C21. The van der Waals surface area contributed by atoms with E-state index in [1.54, 1.807) is 12.8 Å². The van der Waals surface area contributed by atoms with Gasteiger partial charge < -0.3 is 5.73 Å². The van der Waals surface area contributed by atoms with Gasteiger partial charge in [-0.1, -0.05) is 6.92 Å². The summed E-state index contributed by atoms with van der Waals surface area (Å²) in [5.74, 6) is 19.0. The molecule has 16 atom stereocenters. The molecule has 0 aromatic carbocycles. The van der Waals surface area contributed by atoms with Gasteiger partial charge in [-0.2, -0.15) is 0 Å². The molecule has 0 saturated heterocycles. The highest BCUT2D eigenvalue weighted by atomic mass is 14.9. The summed E-state index contributed by atoms with van der Waals surface area (Å²) in [7, 11) is 0. The predicted octanol–water partition coefficient (Wildman–Crippen LogP) is 3.10. The minimum absolute atomic E-state index is 0.944. The molecule has 22 heavy (non-hydrogen) atoms. The van der Waals surface area contributed by atoms with Crippen molar-refractivity contribution >= 4 is 0 Å². The van der Waals surface area contributed by atoms with Gasteiger partial charge in [0.25, 0.3) is 0 Å². The third kappa shape index (κ3) is 0.813. The van der Waals surface area contributed by atoms with Crippen LogP contribution in [0.4, 0.5) is 0 Å². The quantitative estimate of drug-likeness (QED) is 0.739. The summed E-state index contributed by atoms with van der Waals surface area (Å²) in [5, 5.41) is 0. The molecule has 8 aliphatic rings. The molecule has 8 fully saturated rings. The summed E-state index contributed by atoms with van der Waals surface area (Å²) >= 11 is 0. The Morgan fingerprint density at radius 3 is 1.95 bits per heavy atom. The lowest BCUT2D eigenvalue weighted by atomic mass is 9.13. The molecular formula is C21H29N. The number of rotatable bonds is 1. The van der Waals surface area contributed by atoms with Gasteiger partial charge >= 0.3 is 0 Å². The highest BCUT2D eigenvalue weighted by Crippen LogP contribution is 2.91. The normalized spacial score (nSPS) is 82.6. The van der Waals surface area contributed by atoms with Gasteiger partial charge in [-0.05, 0) is 120 Å². The van der Waals surface area contributed by atoms with Crippen LogP contribution < -0.4 is 5.73 Å². The fourth-order valence-electron chi connectivity index (χ4n) is 11.5. The van der Waals surface area contributed by atoms with Crippen molar-refractivity contribution in [1.29, 1.82) is 0 Å². The van der Waals surface area contributed by atoms with E-state index in [9.17, 15) is 0 Å². The third-order valence-corrected chi connectivity index (χ3v) is 11.7. The van der Waals surface area contributed by atoms with Crippen molar-refractivity contribution in [1.82, 2.24) is 0 Å². The molecule has 0 aromatic rings. The first kappa shape index (κ1) is 11.5. The Morgan fingerprint density at radius 1 is 0.636 bits per heavy atom. The average molecular weight is 295 g/mol. The second kappa shape index (κ2) is 3.09. The molecule has 118 valence electrons. The molecule has 0 aliphatic heterocycles. The summed E-state index contributed by atoms with van der Waals surface area (Å²) in [6.45, 7) is 3.57. The Morgan fingerprint density at radius 2 is 1.23 bits per heavy atom. The summed E-state index contributed by atoms with van der Waals surface area (Å²) in [6.07, 6.45) is 4.77. The van der Waals surface area contributed by atoms with E-state index in [0.717, 1.165) is 30.2 Å². The Kier molecular flexibility index (Phi) is 1.62. The largest absolute Gasteiger partial charge is 0.330 e. The molecule has 1 nitrogen and oxygen atoms in total. The van der Waals surface area contributed by atoms with Crippen molar-refractivity contribution in [2.75, 3.05) is 6.54 Å². The number of nitrogens with two attached hydrogens (primary N) is 1. The minimum Gasteiger partial charge on any atom is -0.330 e. The summed E-state index contributed by atoms with van der Waals surface area (Å²) in [4.78, 5) is 0. The maximum atomic E-state index is 6.01. The van der Waals surface area contributed by atoms with Gasteiger partial charge in [0.15, 0.2) is 0 Å². The van der Waals surface area contributed by atoms with Crippen LogP contribution in [0.15, 0.2) is 0 Å². The second-order valence-electron chi connectivity index (χ2n) is 11.1. The summed E-state index contributed by atoms with van der Waals surface area (Å²) in [5.41, 5.74) is 6.01. The van der Waals surface area contributed by atoms with Crippen LogP contribution in [0.2, 0.25) is 0 Å². The van der Waals surface area contributed by atoms with Gasteiger partial charge in [0.2, 0.25) is 0 Å². The molecule has 8 aliphatic carbocycles. The highest BCUT2D eigenvalue weighted by molar-refractivity contribution is 5.34. The molecule has 2 bridgehead atoms. The van der Waals surface area contributed by atoms with Crippen LogP contribution in [0.1, 0.15) is 26.2 Å². The van der Waals surface area contributed by atoms with Crippen molar-refractivity contribution < 1.29 is 0 Å². The van der Waals surface area contributed by atoms with Crippen molar-refractivity contribution in [3.8, 4) is 0 Å². The zero-order valence-corrected chi connectivity index (χ0v) is 13.6. The Hall–Kier alpha value is -0.0400. The van der Waals surface area contributed by atoms with Crippen LogP contribution in [0.25, 0.3) is 0 Å². The topological polar surface area (TPSA) is 26.0 Å². The van der Waals surface area contributed by atoms with Crippen LogP contribution in [-0.2, 0) is 0 Å². The van der Waals surface area contributed by atoms with Crippen molar-refractivity contribution in [2.24, 2.45) is 100 Å². The fraction of sp³-hybridized carbons (Fsp3) is 1.00. The van der Waals surface area contributed by atoms with Crippen LogP contribution in [0.5, 0.6) is 0 Å². The van der Waals surface area contributed by atoms with E-state index in [-0.39, 0.29) is 0 Å². The standard InChI is InChI=1S/C21H29N/c1-6-2-7-3-9(6)13-12(7)16-17(13)21-18-14-10-4-8(5-22)11(10)15(14)19(18)20(16)21/h6-21H,2-5,22H2,1H3. The first-order valence-corrected chi connectivity index (χ1v) is 10.5. The van der Waals surface area contributed by atoms with Crippen LogP contribution in [0.3, 0.4) is 0 Å². The zero-order chi connectivity index (χ0) is 14.1. The van der Waals surface area contributed by atoms with Gasteiger partial charge in [-0.25, -0.2) is 0 Å². The van der Waals surface area contributed by atoms with Gasteiger partial charge in [-0.15, -0.1) is 0 Å². The van der Waals surface area contributed by atoms with Crippen molar-refractivity contribution in [2.45, 2.75) is 26.2 Å². The predicted molar refractivity (Wildman–Crippen MR) is 84.4 cm³/mol. The summed E-state index contributed by atoms with van der Waals surface area (Å²) < 4.78 is 0. The number of hydrogen-bond donors (Lipinski definition) is 1. The Labute approximate surface area is 133 Å². The van der Waals surface area contributed by atoms with E-state index < -0.39 is 0 Å². The zero-order valence-electron chi connectivity index (χ0n) is 13.6. The van der Waals surface area contributed by atoms with Gasteiger partial charge in [0.1, 0.15) is 0 Å². The van der Waals surface area contributed by atoms with Crippen LogP contribution in [0, 0.1) is 94.7 Å². The van der Waals surface area contributed by atoms with Crippen molar-refractivity contribution in [3.05, 3.63) is 0 Å². The van der Waals surface area contributed by atoms with E-state index in [1.165, 1.54) is 77.4 Å². The minimum atomic E-state index is 0.944. The molecule has 0 spiro atoms. The molecular weight excluding hydrogens is 266 g/mol. The smallest absolute Gasteiger partial charge is 0.00459 e. The number of fused-ring (bicyclic) bond motifs is 20. The van der Waals surface area contributed by atoms with E-state index >= 15 is 0 Å². The number of hydrogen-bond acceptors (Lipinski definition) is 1. The first-order chi connectivity index (χ1) is 10.8. The third-order valence-electron chi connectivity index (χ3n) is 11.7. The van der Waals surface area contributed by atoms with Gasteiger partial charge in [0.05, 0.1) is 0 Å². The molecule has 1 heteroatoms. The molecule has 0 amide bonds. The molecule has 0 heterocycles. The van der Waals surface area contributed by atoms with E-state index in [4.69, 9.17) is 5.73 Å². The first-order valence-electron chi connectivity index (χ1n) is 10.5. The summed E-state index contributed by atoms with van der Waals surface area (Å²) in [6, 6.07) is 0. The maximum absolute atomic E-state index is 6.01.